The van der Waals surface area contributed by atoms with Gasteiger partial charge in [-0.25, -0.2) is 0 Å². The van der Waals surface area contributed by atoms with E-state index in [2.05, 4.69) is 41.0 Å². The van der Waals surface area contributed by atoms with Crippen LogP contribution in [-0.4, -0.2) is 19.0 Å². The van der Waals surface area contributed by atoms with Crippen LogP contribution in [0.4, 0.5) is 0 Å². The van der Waals surface area contributed by atoms with Gasteiger partial charge in [0.1, 0.15) is 0 Å². The van der Waals surface area contributed by atoms with Gasteiger partial charge in [0.25, 0.3) is 0 Å². The second-order valence-corrected chi connectivity index (χ2v) is 5.86. The number of hydrogen-bond acceptors (Lipinski definition) is 2. The number of hydrogen-bond donors (Lipinski definition) is 2. The molecule has 2 aromatic carbocycles. The van der Waals surface area contributed by atoms with Gasteiger partial charge in [-0.1, -0.05) is 36.4 Å². The molecule has 0 bridgehead atoms. The maximum Gasteiger partial charge on any atom is 0.220 e. The van der Waals surface area contributed by atoms with Crippen molar-refractivity contribution < 1.29 is 4.79 Å². The molecule has 3 nitrogen and oxygen atoms in total. The van der Waals surface area contributed by atoms with Crippen LogP contribution >= 0.6 is 12.4 Å². The summed E-state index contributed by atoms with van der Waals surface area (Å²) in [4.78, 5) is 11.9. The first-order valence-corrected chi connectivity index (χ1v) is 7.76. The second kappa shape index (κ2) is 8.16. The normalized spacial score (nSPS) is 17.2. The van der Waals surface area contributed by atoms with Gasteiger partial charge < -0.3 is 10.6 Å². The first-order chi connectivity index (χ1) is 10.3. The van der Waals surface area contributed by atoms with E-state index in [1.807, 2.05) is 12.1 Å². The number of benzene rings is 2. The highest BCUT2D eigenvalue weighted by Gasteiger charge is 2.15. The molecule has 118 valence electrons. The Morgan fingerprint density at radius 2 is 2.00 bits per heavy atom. The van der Waals surface area contributed by atoms with E-state index in [0.717, 1.165) is 25.1 Å². The Morgan fingerprint density at radius 1 is 1.18 bits per heavy atom. The molecule has 0 spiro atoms. The molecule has 2 N–H and O–H groups in total. The Hall–Kier alpha value is -1.58. The van der Waals surface area contributed by atoms with E-state index in [9.17, 15) is 4.79 Å². The van der Waals surface area contributed by atoms with Crippen LogP contribution < -0.4 is 10.6 Å². The SMILES string of the molecule is Cl.O=C(CCC1CCNC1)NCc1ccc2ccccc2c1. The number of fused-ring (bicyclic) bond motifs is 1. The summed E-state index contributed by atoms with van der Waals surface area (Å²) in [7, 11) is 0. The van der Waals surface area contributed by atoms with Crippen molar-refractivity contribution in [2.24, 2.45) is 5.92 Å². The van der Waals surface area contributed by atoms with Gasteiger partial charge >= 0.3 is 0 Å². The molecule has 0 aliphatic carbocycles. The van der Waals surface area contributed by atoms with E-state index in [-0.39, 0.29) is 18.3 Å². The van der Waals surface area contributed by atoms with Gasteiger partial charge in [0.05, 0.1) is 0 Å². The number of nitrogens with one attached hydrogen (secondary N) is 2. The minimum Gasteiger partial charge on any atom is -0.352 e. The van der Waals surface area contributed by atoms with Gasteiger partial charge in [-0.15, -0.1) is 12.4 Å². The van der Waals surface area contributed by atoms with Crippen LogP contribution in [0.2, 0.25) is 0 Å². The van der Waals surface area contributed by atoms with Crippen molar-refractivity contribution in [2.75, 3.05) is 13.1 Å². The molecule has 1 aliphatic rings. The fraction of sp³-hybridized carbons (Fsp3) is 0.389. The summed E-state index contributed by atoms with van der Waals surface area (Å²) < 4.78 is 0. The van der Waals surface area contributed by atoms with Gasteiger partial charge in [0.15, 0.2) is 0 Å². The molecule has 1 saturated heterocycles. The van der Waals surface area contributed by atoms with Crippen molar-refractivity contribution in [3.8, 4) is 0 Å². The first kappa shape index (κ1) is 16.8. The van der Waals surface area contributed by atoms with E-state index in [0.29, 0.717) is 18.9 Å². The third kappa shape index (κ3) is 4.46. The molecule has 1 aliphatic heterocycles. The zero-order valence-corrected chi connectivity index (χ0v) is 13.5. The molecule has 1 amide bonds. The average Bonchev–Trinajstić information content (AvgIpc) is 3.04. The minimum absolute atomic E-state index is 0. The largest absolute Gasteiger partial charge is 0.352 e. The molecule has 1 atom stereocenters. The van der Waals surface area contributed by atoms with Crippen molar-refractivity contribution >= 4 is 29.1 Å². The topological polar surface area (TPSA) is 41.1 Å². The third-order valence-electron chi connectivity index (χ3n) is 4.25. The van der Waals surface area contributed by atoms with E-state index >= 15 is 0 Å². The molecule has 4 heteroatoms. The molecule has 1 heterocycles. The molecule has 0 aromatic heterocycles. The molecular formula is C18H23ClN2O. The van der Waals surface area contributed by atoms with Crippen LogP contribution in [-0.2, 0) is 11.3 Å². The van der Waals surface area contributed by atoms with Crippen LogP contribution in [0.3, 0.4) is 0 Å². The molecule has 0 radical (unpaired) electrons. The van der Waals surface area contributed by atoms with Gasteiger partial charge in [0.2, 0.25) is 5.91 Å². The monoisotopic (exact) mass is 318 g/mol. The van der Waals surface area contributed by atoms with E-state index in [1.54, 1.807) is 0 Å². The lowest BCUT2D eigenvalue weighted by molar-refractivity contribution is -0.121. The minimum atomic E-state index is 0. The van der Waals surface area contributed by atoms with Gasteiger partial charge in [0, 0.05) is 13.0 Å². The lowest BCUT2D eigenvalue weighted by Crippen LogP contribution is -2.23. The van der Waals surface area contributed by atoms with Crippen molar-refractivity contribution in [3.05, 3.63) is 48.0 Å². The zero-order chi connectivity index (χ0) is 14.5. The maximum absolute atomic E-state index is 11.9. The fourth-order valence-electron chi connectivity index (χ4n) is 2.93. The van der Waals surface area contributed by atoms with Crippen LogP contribution in [0, 0.1) is 5.92 Å². The molecule has 2 aromatic rings. The van der Waals surface area contributed by atoms with Crippen LogP contribution in [0.1, 0.15) is 24.8 Å². The number of amides is 1. The van der Waals surface area contributed by atoms with Gasteiger partial charge in [-0.3, -0.25) is 4.79 Å². The Bertz CT molecular complexity index is 623. The van der Waals surface area contributed by atoms with Crippen LogP contribution in [0.25, 0.3) is 10.8 Å². The predicted octanol–water partition coefficient (Wildman–Crippen LogP) is 3.27. The van der Waals surface area contributed by atoms with Gasteiger partial charge in [-0.2, -0.15) is 0 Å². The summed E-state index contributed by atoms with van der Waals surface area (Å²) in [6.45, 7) is 2.79. The van der Waals surface area contributed by atoms with Crippen molar-refractivity contribution in [1.82, 2.24) is 10.6 Å². The summed E-state index contributed by atoms with van der Waals surface area (Å²) in [6.07, 6.45) is 2.84. The molecule has 1 unspecified atom stereocenters. The fourth-order valence-corrected chi connectivity index (χ4v) is 2.93. The van der Waals surface area contributed by atoms with Crippen LogP contribution in [0.5, 0.6) is 0 Å². The Labute approximate surface area is 137 Å². The highest BCUT2D eigenvalue weighted by molar-refractivity contribution is 5.85. The van der Waals surface area contributed by atoms with Crippen molar-refractivity contribution in [1.29, 1.82) is 0 Å². The lowest BCUT2D eigenvalue weighted by atomic mass is 10.0. The summed E-state index contributed by atoms with van der Waals surface area (Å²) in [5, 5.41) is 8.83. The van der Waals surface area contributed by atoms with E-state index < -0.39 is 0 Å². The Morgan fingerprint density at radius 3 is 2.77 bits per heavy atom. The summed E-state index contributed by atoms with van der Waals surface area (Å²) >= 11 is 0. The molecule has 1 fully saturated rings. The van der Waals surface area contributed by atoms with Gasteiger partial charge in [-0.05, 0) is 54.3 Å². The molecule has 22 heavy (non-hydrogen) atoms. The maximum atomic E-state index is 11.9. The Balaban J connectivity index is 0.00000176. The first-order valence-electron chi connectivity index (χ1n) is 7.76. The predicted molar refractivity (Wildman–Crippen MR) is 93.3 cm³/mol. The summed E-state index contributed by atoms with van der Waals surface area (Å²) in [6, 6.07) is 14.6. The Kier molecular flexibility index (Phi) is 6.22. The number of halogens is 1. The average molecular weight is 319 g/mol. The van der Waals surface area contributed by atoms with E-state index in [4.69, 9.17) is 0 Å². The number of carbonyl (C=O) groups excluding carboxylic acids is 1. The quantitative estimate of drug-likeness (QED) is 0.888. The lowest BCUT2D eigenvalue weighted by Gasteiger charge is -2.09. The number of rotatable bonds is 5. The third-order valence-corrected chi connectivity index (χ3v) is 4.25. The highest BCUT2D eigenvalue weighted by Crippen LogP contribution is 2.16. The van der Waals surface area contributed by atoms with E-state index in [1.165, 1.54) is 17.2 Å². The van der Waals surface area contributed by atoms with Crippen molar-refractivity contribution in [2.45, 2.75) is 25.8 Å². The van der Waals surface area contributed by atoms with Crippen molar-refractivity contribution in [3.63, 3.8) is 0 Å². The smallest absolute Gasteiger partial charge is 0.220 e. The molecule has 0 saturated carbocycles. The summed E-state index contributed by atoms with van der Waals surface area (Å²) in [5.41, 5.74) is 1.16. The molecular weight excluding hydrogens is 296 g/mol. The molecule has 3 rings (SSSR count). The second-order valence-electron chi connectivity index (χ2n) is 5.86. The zero-order valence-electron chi connectivity index (χ0n) is 12.7. The standard InChI is InChI=1S/C18H22N2O.ClH/c21-18(8-6-14-9-10-19-12-14)20-13-15-5-7-16-3-1-2-4-17(16)11-15;/h1-5,7,11,14,19H,6,8-10,12-13H2,(H,20,21);1H. The summed E-state index contributed by atoms with van der Waals surface area (Å²) in [5.74, 6) is 0.839. The highest BCUT2D eigenvalue weighted by atomic mass is 35.5. The number of carbonyl (C=O) groups is 1. The van der Waals surface area contributed by atoms with Crippen LogP contribution in [0.15, 0.2) is 42.5 Å².